The van der Waals surface area contributed by atoms with Crippen LogP contribution in [-0.4, -0.2) is 17.6 Å². The molecule has 0 aliphatic heterocycles. The molecule has 0 bridgehead atoms. The van der Waals surface area contributed by atoms with Crippen LogP contribution in [0.25, 0.3) is 0 Å². The molecule has 0 radical (unpaired) electrons. The number of hydrogen-bond acceptors (Lipinski definition) is 4. The molecule has 3 nitrogen and oxygen atoms in total. The van der Waals surface area contributed by atoms with Crippen molar-refractivity contribution in [2.75, 3.05) is 6.54 Å². The van der Waals surface area contributed by atoms with E-state index in [1.165, 1.54) is 0 Å². The van der Waals surface area contributed by atoms with Gasteiger partial charge in [0.15, 0.2) is 0 Å². The summed E-state index contributed by atoms with van der Waals surface area (Å²) >= 11 is 1.69. The molecule has 1 atom stereocenters. The summed E-state index contributed by atoms with van der Waals surface area (Å²) in [4.78, 5) is 4.35. The van der Waals surface area contributed by atoms with E-state index in [4.69, 9.17) is 5.73 Å². The fraction of sp³-hybridized carbons (Fsp3) is 0.667. The highest BCUT2D eigenvalue weighted by Gasteiger charge is 2.00. The van der Waals surface area contributed by atoms with Crippen LogP contribution in [-0.2, 0) is 6.54 Å². The molecule has 1 aromatic heterocycles. The molecule has 0 saturated carbocycles. The second-order valence-corrected chi connectivity index (χ2v) is 4.12. The fourth-order valence-corrected chi connectivity index (χ4v) is 1.73. The SMILES string of the molecule is CCC(N)CNCc1nc(C)cs1. The van der Waals surface area contributed by atoms with Gasteiger partial charge in [-0.05, 0) is 13.3 Å². The first kappa shape index (κ1) is 10.6. The standard InChI is InChI=1S/C9H17N3S/c1-3-8(10)4-11-5-9-12-7(2)6-13-9/h6,8,11H,3-5,10H2,1-2H3. The number of hydrogen-bond donors (Lipinski definition) is 2. The zero-order valence-electron chi connectivity index (χ0n) is 8.21. The Morgan fingerprint density at radius 2 is 2.46 bits per heavy atom. The van der Waals surface area contributed by atoms with Gasteiger partial charge in [-0.1, -0.05) is 6.92 Å². The van der Waals surface area contributed by atoms with E-state index in [9.17, 15) is 0 Å². The summed E-state index contributed by atoms with van der Waals surface area (Å²) in [6.07, 6.45) is 1.02. The maximum atomic E-state index is 5.76. The van der Waals surface area contributed by atoms with Crippen LogP contribution in [0.3, 0.4) is 0 Å². The second kappa shape index (κ2) is 5.32. The molecule has 1 heterocycles. The molecule has 13 heavy (non-hydrogen) atoms. The molecule has 1 unspecified atom stereocenters. The summed E-state index contributed by atoms with van der Waals surface area (Å²) in [7, 11) is 0. The van der Waals surface area contributed by atoms with Crippen LogP contribution in [0.4, 0.5) is 0 Å². The Hall–Kier alpha value is -0.450. The first-order chi connectivity index (χ1) is 6.22. The predicted octanol–water partition coefficient (Wildman–Crippen LogP) is 1.28. The highest BCUT2D eigenvalue weighted by Crippen LogP contribution is 2.07. The molecule has 0 amide bonds. The van der Waals surface area contributed by atoms with Crippen molar-refractivity contribution in [3.8, 4) is 0 Å². The van der Waals surface area contributed by atoms with Crippen molar-refractivity contribution < 1.29 is 0 Å². The Balaban J connectivity index is 2.20. The van der Waals surface area contributed by atoms with Gasteiger partial charge in [-0.2, -0.15) is 0 Å². The molecule has 3 N–H and O–H groups in total. The Bertz CT molecular complexity index is 247. The summed E-state index contributed by atoms with van der Waals surface area (Å²) in [5.41, 5.74) is 6.86. The number of aromatic nitrogens is 1. The van der Waals surface area contributed by atoms with Gasteiger partial charge in [0.1, 0.15) is 5.01 Å². The molecule has 0 fully saturated rings. The second-order valence-electron chi connectivity index (χ2n) is 3.18. The maximum Gasteiger partial charge on any atom is 0.107 e. The van der Waals surface area contributed by atoms with Gasteiger partial charge in [-0.3, -0.25) is 0 Å². The van der Waals surface area contributed by atoms with Gasteiger partial charge < -0.3 is 11.1 Å². The summed E-state index contributed by atoms with van der Waals surface area (Å²) < 4.78 is 0. The molecule has 1 aromatic rings. The fourth-order valence-electron chi connectivity index (χ4n) is 0.993. The number of nitrogens with one attached hydrogen (secondary N) is 1. The molecule has 0 aliphatic rings. The molecule has 0 aromatic carbocycles. The third-order valence-electron chi connectivity index (χ3n) is 1.87. The van der Waals surface area contributed by atoms with Gasteiger partial charge >= 0.3 is 0 Å². The minimum Gasteiger partial charge on any atom is -0.327 e. The largest absolute Gasteiger partial charge is 0.327 e. The van der Waals surface area contributed by atoms with Gasteiger partial charge in [0.2, 0.25) is 0 Å². The van der Waals surface area contributed by atoms with E-state index in [0.29, 0.717) is 0 Å². The Morgan fingerprint density at radius 3 is 3.00 bits per heavy atom. The highest BCUT2D eigenvalue weighted by atomic mass is 32.1. The lowest BCUT2D eigenvalue weighted by Crippen LogP contribution is -2.32. The molecule has 0 spiro atoms. The lowest BCUT2D eigenvalue weighted by Gasteiger charge is -2.08. The summed E-state index contributed by atoms with van der Waals surface area (Å²) in [6.45, 7) is 5.82. The zero-order valence-corrected chi connectivity index (χ0v) is 9.03. The average Bonchev–Trinajstić information content (AvgIpc) is 2.51. The van der Waals surface area contributed by atoms with Crippen molar-refractivity contribution in [1.82, 2.24) is 10.3 Å². The smallest absolute Gasteiger partial charge is 0.107 e. The average molecular weight is 199 g/mol. The number of aryl methyl sites for hydroxylation is 1. The van der Waals surface area contributed by atoms with E-state index in [1.54, 1.807) is 11.3 Å². The molecular formula is C9H17N3S. The van der Waals surface area contributed by atoms with E-state index < -0.39 is 0 Å². The van der Waals surface area contributed by atoms with Crippen LogP contribution in [0, 0.1) is 6.92 Å². The summed E-state index contributed by atoms with van der Waals surface area (Å²) in [6, 6.07) is 0.265. The maximum absolute atomic E-state index is 5.76. The summed E-state index contributed by atoms with van der Waals surface area (Å²) in [5.74, 6) is 0. The highest BCUT2D eigenvalue weighted by molar-refractivity contribution is 7.09. The van der Waals surface area contributed by atoms with Crippen molar-refractivity contribution in [2.45, 2.75) is 32.9 Å². The molecule has 74 valence electrons. The zero-order chi connectivity index (χ0) is 9.68. The number of rotatable bonds is 5. The predicted molar refractivity (Wildman–Crippen MR) is 56.8 cm³/mol. The van der Waals surface area contributed by atoms with Gasteiger partial charge in [0.05, 0.1) is 0 Å². The lowest BCUT2D eigenvalue weighted by atomic mass is 10.2. The van der Waals surface area contributed by atoms with Crippen LogP contribution >= 0.6 is 11.3 Å². The van der Waals surface area contributed by atoms with Crippen LogP contribution < -0.4 is 11.1 Å². The van der Waals surface area contributed by atoms with Gasteiger partial charge in [-0.15, -0.1) is 11.3 Å². The topological polar surface area (TPSA) is 50.9 Å². The van der Waals surface area contributed by atoms with E-state index in [1.807, 2.05) is 6.92 Å². The number of thiazole rings is 1. The third-order valence-corrected chi connectivity index (χ3v) is 2.84. The quantitative estimate of drug-likeness (QED) is 0.751. The lowest BCUT2D eigenvalue weighted by molar-refractivity contribution is 0.562. The van der Waals surface area contributed by atoms with Crippen molar-refractivity contribution in [1.29, 1.82) is 0 Å². The van der Waals surface area contributed by atoms with Gasteiger partial charge in [0, 0.05) is 30.2 Å². The minimum atomic E-state index is 0.265. The summed E-state index contributed by atoms with van der Waals surface area (Å²) in [5, 5.41) is 6.49. The van der Waals surface area contributed by atoms with Crippen molar-refractivity contribution in [3.63, 3.8) is 0 Å². The van der Waals surface area contributed by atoms with E-state index in [-0.39, 0.29) is 6.04 Å². The molecule has 0 aliphatic carbocycles. The van der Waals surface area contributed by atoms with Crippen LogP contribution in [0.1, 0.15) is 24.0 Å². The van der Waals surface area contributed by atoms with Gasteiger partial charge in [0.25, 0.3) is 0 Å². The monoisotopic (exact) mass is 199 g/mol. The minimum absolute atomic E-state index is 0.265. The number of nitrogens with two attached hydrogens (primary N) is 1. The van der Waals surface area contributed by atoms with Crippen LogP contribution in [0.5, 0.6) is 0 Å². The van der Waals surface area contributed by atoms with Crippen molar-refractivity contribution in [3.05, 3.63) is 16.1 Å². The Labute approximate surface area is 83.4 Å². The first-order valence-corrected chi connectivity index (χ1v) is 5.47. The van der Waals surface area contributed by atoms with E-state index in [2.05, 4.69) is 22.6 Å². The Morgan fingerprint density at radius 1 is 1.69 bits per heavy atom. The van der Waals surface area contributed by atoms with E-state index in [0.717, 1.165) is 30.2 Å². The Kier molecular flexibility index (Phi) is 4.35. The first-order valence-electron chi connectivity index (χ1n) is 4.59. The normalized spacial score (nSPS) is 13.2. The van der Waals surface area contributed by atoms with Crippen molar-refractivity contribution in [2.24, 2.45) is 5.73 Å². The van der Waals surface area contributed by atoms with Crippen LogP contribution in [0.2, 0.25) is 0 Å². The molecule has 4 heteroatoms. The third kappa shape index (κ3) is 3.85. The molecule has 0 saturated heterocycles. The van der Waals surface area contributed by atoms with E-state index >= 15 is 0 Å². The van der Waals surface area contributed by atoms with Gasteiger partial charge in [-0.25, -0.2) is 4.98 Å². The molecule has 1 rings (SSSR count). The number of nitrogens with zero attached hydrogens (tertiary/aromatic N) is 1. The van der Waals surface area contributed by atoms with Crippen LogP contribution in [0.15, 0.2) is 5.38 Å². The molecular weight excluding hydrogens is 182 g/mol. The van der Waals surface area contributed by atoms with Crippen molar-refractivity contribution >= 4 is 11.3 Å².